The zero-order chi connectivity index (χ0) is 16.4. The monoisotopic (exact) mass is 329 g/mol. The van der Waals surface area contributed by atoms with Gasteiger partial charge < -0.3 is 10.0 Å². The van der Waals surface area contributed by atoms with E-state index in [0.717, 1.165) is 15.8 Å². The quantitative estimate of drug-likeness (QED) is 0.722. The van der Waals surface area contributed by atoms with Crippen molar-refractivity contribution in [2.45, 2.75) is 6.67 Å². The lowest BCUT2D eigenvalue weighted by Gasteiger charge is -2.10. The fraction of sp³-hybridized carbons (Fsp3) is 0.188. The summed E-state index contributed by atoms with van der Waals surface area (Å²) in [6, 6.07) is 11.0. The Labute approximate surface area is 137 Å². The molecule has 0 unspecified atom stereocenters. The number of aromatic nitrogens is 1. The van der Waals surface area contributed by atoms with Gasteiger partial charge in [-0.05, 0) is 17.5 Å². The molecule has 118 valence electrons. The third-order valence-electron chi connectivity index (χ3n) is 3.36. The Morgan fingerprint density at radius 1 is 1.26 bits per heavy atom. The topological polar surface area (TPSA) is 71.4 Å². The van der Waals surface area contributed by atoms with Crippen molar-refractivity contribution in [2.24, 2.45) is 10.2 Å². The number of amides is 1. The maximum absolute atomic E-state index is 12.0. The Morgan fingerprint density at radius 3 is 2.74 bits per heavy atom. The molecule has 0 aliphatic rings. The lowest BCUT2D eigenvalue weighted by Crippen LogP contribution is -3.04. The van der Waals surface area contributed by atoms with E-state index in [2.05, 4.69) is 10.2 Å². The van der Waals surface area contributed by atoms with Crippen LogP contribution in [0.15, 0.2) is 52.0 Å². The van der Waals surface area contributed by atoms with Crippen molar-refractivity contribution < 1.29 is 14.8 Å². The first kappa shape index (κ1) is 15.4. The Morgan fingerprint density at radius 2 is 2.04 bits per heavy atom. The van der Waals surface area contributed by atoms with Gasteiger partial charge in [0.1, 0.15) is 0 Å². The second-order valence-corrected chi connectivity index (χ2v) is 6.41. The van der Waals surface area contributed by atoms with Crippen LogP contribution in [0.3, 0.4) is 0 Å². The van der Waals surface area contributed by atoms with Gasteiger partial charge in [0.15, 0.2) is 12.4 Å². The number of para-hydroxylation sites is 1. The molecule has 0 aliphatic heterocycles. The lowest BCUT2D eigenvalue weighted by atomic mass is 10.2. The minimum Gasteiger partial charge on any atom is -0.493 e. The van der Waals surface area contributed by atoms with Gasteiger partial charge in [0.05, 0.1) is 24.5 Å². The Bertz CT molecular complexity index is 866. The van der Waals surface area contributed by atoms with Crippen molar-refractivity contribution in [2.75, 3.05) is 14.1 Å². The largest absolute Gasteiger partial charge is 0.493 e. The minimum absolute atomic E-state index is 0.0233. The van der Waals surface area contributed by atoms with E-state index in [4.69, 9.17) is 0 Å². The van der Waals surface area contributed by atoms with E-state index >= 15 is 0 Å². The van der Waals surface area contributed by atoms with Gasteiger partial charge in [-0.25, -0.2) is 0 Å². The molecule has 2 N–H and O–H groups in total. The number of hydrogen-bond donors (Lipinski definition) is 2. The highest BCUT2D eigenvalue weighted by Crippen LogP contribution is 2.38. The van der Waals surface area contributed by atoms with E-state index < -0.39 is 5.91 Å². The molecule has 23 heavy (non-hydrogen) atoms. The minimum atomic E-state index is -0.408. The van der Waals surface area contributed by atoms with Gasteiger partial charge in [-0.1, -0.05) is 24.3 Å². The summed E-state index contributed by atoms with van der Waals surface area (Å²) in [5.74, 6) is -0.385. The summed E-state index contributed by atoms with van der Waals surface area (Å²) in [6.45, 7) is 0.584. The molecule has 0 atom stereocenters. The number of nitrogens with one attached hydrogen (secondary N) is 1. The molecule has 1 aromatic carbocycles. The van der Waals surface area contributed by atoms with Crippen molar-refractivity contribution in [3.8, 4) is 5.88 Å². The molecule has 0 radical (unpaired) electrons. The molecular formula is C16H17N4O2S+. The van der Waals surface area contributed by atoms with E-state index in [-0.39, 0.29) is 5.88 Å². The molecule has 0 spiro atoms. The second kappa shape index (κ2) is 6.31. The molecule has 3 rings (SSSR count). The van der Waals surface area contributed by atoms with Crippen LogP contribution in [-0.2, 0) is 6.67 Å². The van der Waals surface area contributed by atoms with Crippen molar-refractivity contribution in [1.82, 2.24) is 4.57 Å². The van der Waals surface area contributed by atoms with Gasteiger partial charge in [0.25, 0.3) is 0 Å². The number of benzene rings is 1. The fourth-order valence-electron chi connectivity index (χ4n) is 2.39. The van der Waals surface area contributed by atoms with Crippen LogP contribution in [0.2, 0.25) is 0 Å². The Balaban J connectivity index is 2.03. The number of fused-ring (bicyclic) bond motifs is 1. The molecule has 1 amide bonds. The maximum atomic E-state index is 12.0. The summed E-state index contributed by atoms with van der Waals surface area (Å²) < 4.78 is 1.77. The van der Waals surface area contributed by atoms with E-state index in [1.807, 2.05) is 43.7 Å². The average molecular weight is 329 g/mol. The standard InChI is InChI=1S/C16H16N4O2S/c1-19(2)10-20-12-7-4-3-6-11(12)14(16(20)22)17-18-15(21)13-8-5-9-23-13/h3-9,22H,10H2,1-2H3/p+1. The lowest BCUT2D eigenvalue weighted by molar-refractivity contribution is -0.882. The predicted octanol–water partition coefficient (Wildman–Crippen LogP) is 2.43. The highest BCUT2D eigenvalue weighted by molar-refractivity contribution is 7.12. The number of quaternary nitrogens is 1. The molecule has 0 fully saturated rings. The molecule has 2 heterocycles. The number of thiophene rings is 1. The van der Waals surface area contributed by atoms with Crippen molar-refractivity contribution in [3.05, 3.63) is 46.7 Å². The van der Waals surface area contributed by atoms with E-state index in [1.54, 1.807) is 16.7 Å². The number of rotatable bonds is 4. The summed E-state index contributed by atoms with van der Waals surface area (Å²) in [5.41, 5.74) is 1.19. The zero-order valence-corrected chi connectivity index (χ0v) is 13.7. The third kappa shape index (κ3) is 3.01. The van der Waals surface area contributed by atoms with Gasteiger partial charge in [-0.15, -0.1) is 21.6 Å². The van der Waals surface area contributed by atoms with Crippen LogP contribution in [0, 0.1) is 0 Å². The summed E-state index contributed by atoms with van der Waals surface area (Å²) in [4.78, 5) is 13.6. The second-order valence-electron chi connectivity index (χ2n) is 5.47. The van der Waals surface area contributed by atoms with Crippen molar-refractivity contribution in [3.63, 3.8) is 0 Å². The molecular weight excluding hydrogens is 312 g/mol. The highest BCUT2D eigenvalue weighted by atomic mass is 32.1. The summed E-state index contributed by atoms with van der Waals surface area (Å²) >= 11 is 1.31. The number of azo groups is 1. The number of carbonyl (C=O) groups excluding carboxylic acids is 1. The molecule has 2 aromatic heterocycles. The van der Waals surface area contributed by atoms with Gasteiger partial charge in [-0.2, -0.15) is 0 Å². The van der Waals surface area contributed by atoms with Crippen LogP contribution >= 0.6 is 11.3 Å². The molecule has 0 aliphatic carbocycles. The normalized spacial score (nSPS) is 11.8. The van der Waals surface area contributed by atoms with Crippen LogP contribution < -0.4 is 4.90 Å². The first-order chi connectivity index (χ1) is 11.1. The van der Waals surface area contributed by atoms with Gasteiger partial charge in [0, 0.05) is 5.39 Å². The molecule has 6 nitrogen and oxygen atoms in total. The average Bonchev–Trinajstić information content (AvgIpc) is 3.14. The fourth-order valence-corrected chi connectivity index (χ4v) is 2.99. The number of nitrogens with zero attached hydrogens (tertiary/aromatic N) is 3. The Hall–Kier alpha value is -2.51. The van der Waals surface area contributed by atoms with E-state index in [0.29, 0.717) is 17.2 Å². The summed E-state index contributed by atoms with van der Waals surface area (Å²) in [7, 11) is 3.99. The Kier molecular flexibility index (Phi) is 4.22. The van der Waals surface area contributed by atoms with Crippen molar-refractivity contribution >= 4 is 33.8 Å². The summed E-state index contributed by atoms with van der Waals surface area (Å²) in [5, 5.41) is 20.9. The van der Waals surface area contributed by atoms with Crippen molar-refractivity contribution in [1.29, 1.82) is 0 Å². The molecule has 0 bridgehead atoms. The molecule has 0 saturated carbocycles. The van der Waals surface area contributed by atoms with Crippen LogP contribution in [0.5, 0.6) is 5.88 Å². The molecule has 3 aromatic rings. The number of carbonyl (C=O) groups is 1. The SMILES string of the molecule is C[NH+](C)Cn1c(O)c(N=NC(=O)c2cccs2)c2ccccc21. The van der Waals surface area contributed by atoms with Crippen LogP contribution in [-0.4, -0.2) is 29.7 Å². The number of hydrogen-bond acceptors (Lipinski definition) is 4. The van der Waals surface area contributed by atoms with Gasteiger partial charge >= 0.3 is 5.91 Å². The van der Waals surface area contributed by atoms with Gasteiger partial charge in [0.2, 0.25) is 5.88 Å². The molecule has 0 saturated heterocycles. The molecule has 7 heteroatoms. The highest BCUT2D eigenvalue weighted by Gasteiger charge is 2.18. The number of aromatic hydroxyl groups is 1. The van der Waals surface area contributed by atoms with Crippen LogP contribution in [0.25, 0.3) is 10.9 Å². The van der Waals surface area contributed by atoms with Crippen LogP contribution in [0.4, 0.5) is 5.69 Å². The smallest absolute Gasteiger partial charge is 0.305 e. The van der Waals surface area contributed by atoms with E-state index in [1.165, 1.54) is 11.3 Å². The van der Waals surface area contributed by atoms with Gasteiger partial charge in [-0.3, -0.25) is 9.36 Å². The third-order valence-corrected chi connectivity index (χ3v) is 4.22. The zero-order valence-electron chi connectivity index (χ0n) is 12.9. The first-order valence-electron chi connectivity index (χ1n) is 7.16. The first-order valence-corrected chi connectivity index (χ1v) is 8.04. The maximum Gasteiger partial charge on any atom is 0.305 e. The summed E-state index contributed by atoms with van der Waals surface area (Å²) in [6.07, 6.45) is 0. The van der Waals surface area contributed by atoms with E-state index in [9.17, 15) is 9.90 Å². The predicted molar refractivity (Wildman–Crippen MR) is 89.6 cm³/mol. The van der Waals surface area contributed by atoms with Crippen LogP contribution in [0.1, 0.15) is 9.67 Å².